The van der Waals surface area contributed by atoms with Crippen LogP contribution in [0.25, 0.3) is 0 Å². The molecule has 0 unspecified atom stereocenters. The molecule has 186 valence electrons. The highest BCUT2D eigenvalue weighted by atomic mass is 19.3. The van der Waals surface area contributed by atoms with Crippen molar-refractivity contribution in [3.05, 3.63) is 65.0 Å². The number of rotatable bonds is 7. The Hall–Kier alpha value is -2.15. The van der Waals surface area contributed by atoms with E-state index in [-0.39, 0.29) is 11.5 Å². The van der Waals surface area contributed by atoms with Gasteiger partial charge in [0.15, 0.2) is 17.5 Å². The molecule has 0 atom stereocenters. The van der Waals surface area contributed by atoms with Crippen molar-refractivity contribution in [1.82, 2.24) is 0 Å². The van der Waals surface area contributed by atoms with Crippen LogP contribution in [-0.4, -0.2) is 12.7 Å². The Kier molecular flexibility index (Phi) is 7.80. The predicted molar refractivity (Wildman–Crippen MR) is 119 cm³/mol. The van der Waals surface area contributed by atoms with E-state index < -0.39 is 29.7 Å². The van der Waals surface area contributed by atoms with Crippen LogP contribution in [0.3, 0.4) is 0 Å². The second kappa shape index (κ2) is 10.6. The fraction of sp³-hybridized carbons (Fsp3) is 0.556. The number of benzene rings is 2. The highest BCUT2D eigenvalue weighted by Crippen LogP contribution is 2.44. The molecule has 0 bridgehead atoms. The van der Waals surface area contributed by atoms with Crippen molar-refractivity contribution >= 4 is 0 Å². The number of halogens is 5. The number of hydrogen-bond donors (Lipinski definition) is 0. The van der Waals surface area contributed by atoms with Crippen LogP contribution in [0.2, 0.25) is 0 Å². The van der Waals surface area contributed by atoms with Gasteiger partial charge in [-0.25, -0.2) is 13.2 Å². The summed E-state index contributed by atoms with van der Waals surface area (Å²) in [6, 6.07) is 7.95. The summed E-state index contributed by atoms with van der Waals surface area (Å²) in [4.78, 5) is 0. The first-order valence-electron chi connectivity index (χ1n) is 12.2. The SMILES string of the molecule is CCOc1ccc(C(F)(F)OC2CCC(C3CCC(c4cc(F)c(F)c(F)c4)CC3)CC2)cc1. The minimum Gasteiger partial charge on any atom is -0.494 e. The summed E-state index contributed by atoms with van der Waals surface area (Å²) < 4.78 is 80.3. The standard InChI is InChI=1S/C27H31F5O2/c1-2-33-22-13-9-21(10-14-22)27(31,32)34-23-11-7-18(8-12-23)17-3-5-19(6-4-17)20-15-24(28)26(30)25(29)16-20/h9-10,13-19,23H,2-8,11-12H2,1H3. The van der Waals surface area contributed by atoms with Crippen LogP contribution in [0, 0.1) is 29.3 Å². The molecule has 2 saturated carbocycles. The van der Waals surface area contributed by atoms with Crippen molar-refractivity contribution in [2.45, 2.75) is 76.4 Å². The van der Waals surface area contributed by atoms with E-state index in [0.29, 0.717) is 42.6 Å². The molecule has 0 saturated heterocycles. The second-order valence-corrected chi connectivity index (χ2v) is 9.54. The maximum absolute atomic E-state index is 14.7. The zero-order chi connectivity index (χ0) is 24.3. The summed E-state index contributed by atoms with van der Waals surface area (Å²) in [6.45, 7) is 2.31. The van der Waals surface area contributed by atoms with Crippen molar-refractivity contribution < 1.29 is 31.4 Å². The van der Waals surface area contributed by atoms with Gasteiger partial charge in [0.1, 0.15) is 5.75 Å². The predicted octanol–water partition coefficient (Wildman–Crippen LogP) is 8.10. The summed E-state index contributed by atoms with van der Waals surface area (Å²) in [5.41, 5.74) is 0.341. The van der Waals surface area contributed by atoms with Crippen molar-refractivity contribution in [2.24, 2.45) is 11.8 Å². The Morgan fingerprint density at radius 2 is 1.32 bits per heavy atom. The lowest BCUT2D eigenvalue weighted by molar-refractivity contribution is -0.278. The van der Waals surface area contributed by atoms with Gasteiger partial charge >= 0.3 is 6.11 Å². The summed E-state index contributed by atoms with van der Waals surface area (Å²) in [7, 11) is 0. The molecule has 2 fully saturated rings. The number of hydrogen-bond acceptors (Lipinski definition) is 2. The van der Waals surface area contributed by atoms with Gasteiger partial charge in [-0.2, -0.15) is 8.78 Å². The van der Waals surface area contributed by atoms with Crippen molar-refractivity contribution in [3.8, 4) is 5.75 Å². The first-order valence-corrected chi connectivity index (χ1v) is 12.2. The summed E-state index contributed by atoms with van der Waals surface area (Å²) in [6.07, 6.45) is 2.44. The third kappa shape index (κ3) is 5.73. The monoisotopic (exact) mass is 482 g/mol. The van der Waals surface area contributed by atoms with Gasteiger partial charge in [-0.1, -0.05) is 0 Å². The molecule has 34 heavy (non-hydrogen) atoms. The minimum absolute atomic E-state index is 0.0216. The van der Waals surface area contributed by atoms with Crippen molar-refractivity contribution in [2.75, 3.05) is 6.61 Å². The topological polar surface area (TPSA) is 18.5 Å². The zero-order valence-electron chi connectivity index (χ0n) is 19.3. The Balaban J connectivity index is 1.26. The van der Waals surface area contributed by atoms with E-state index in [9.17, 15) is 22.0 Å². The summed E-state index contributed by atoms with van der Waals surface area (Å²) in [5, 5.41) is 0. The molecule has 4 rings (SSSR count). The van der Waals surface area contributed by atoms with Gasteiger partial charge in [0.25, 0.3) is 0 Å². The highest BCUT2D eigenvalue weighted by Gasteiger charge is 2.39. The van der Waals surface area contributed by atoms with E-state index >= 15 is 0 Å². The van der Waals surface area contributed by atoms with Crippen molar-refractivity contribution in [3.63, 3.8) is 0 Å². The normalized spacial score (nSPS) is 25.8. The molecule has 0 spiro atoms. The van der Waals surface area contributed by atoms with E-state index in [0.717, 1.165) is 50.7 Å². The fourth-order valence-electron chi connectivity index (χ4n) is 5.60. The quantitative estimate of drug-likeness (QED) is 0.293. The van der Waals surface area contributed by atoms with Gasteiger partial charge in [0, 0.05) is 0 Å². The maximum atomic E-state index is 14.7. The largest absolute Gasteiger partial charge is 0.494 e. The number of alkyl halides is 2. The zero-order valence-corrected chi connectivity index (χ0v) is 19.3. The van der Waals surface area contributed by atoms with Crippen molar-refractivity contribution in [1.29, 1.82) is 0 Å². The van der Waals surface area contributed by atoms with Gasteiger partial charge in [-0.15, -0.1) is 0 Å². The molecule has 0 aromatic heterocycles. The number of ether oxygens (including phenoxy) is 2. The Labute approximate surface area is 197 Å². The molecule has 2 aliphatic carbocycles. The van der Waals surface area contributed by atoms with E-state index in [2.05, 4.69) is 0 Å². The van der Waals surface area contributed by atoms with Crippen LogP contribution in [-0.2, 0) is 10.8 Å². The first-order chi connectivity index (χ1) is 16.3. The molecule has 0 amide bonds. The molecule has 0 aliphatic heterocycles. The van der Waals surface area contributed by atoms with Gasteiger partial charge < -0.3 is 9.47 Å². The average Bonchev–Trinajstić information content (AvgIpc) is 2.83. The van der Waals surface area contributed by atoms with Crippen LogP contribution in [0.5, 0.6) is 5.75 Å². The van der Waals surface area contributed by atoms with Gasteiger partial charge in [-0.3, -0.25) is 0 Å². The maximum Gasteiger partial charge on any atom is 0.383 e. The lowest BCUT2D eigenvalue weighted by Crippen LogP contribution is -2.32. The third-order valence-electron chi connectivity index (χ3n) is 7.45. The van der Waals surface area contributed by atoms with Gasteiger partial charge in [0.2, 0.25) is 0 Å². The molecule has 2 aromatic carbocycles. The molecular formula is C27H31F5O2. The van der Waals surface area contributed by atoms with Crippen LogP contribution in [0.1, 0.15) is 75.3 Å². The van der Waals surface area contributed by atoms with E-state index in [1.807, 2.05) is 6.92 Å². The lowest BCUT2D eigenvalue weighted by Gasteiger charge is -2.38. The van der Waals surface area contributed by atoms with Crippen LogP contribution in [0.15, 0.2) is 36.4 Å². The van der Waals surface area contributed by atoms with E-state index in [1.54, 1.807) is 0 Å². The second-order valence-electron chi connectivity index (χ2n) is 9.54. The Morgan fingerprint density at radius 1 is 0.794 bits per heavy atom. The molecule has 0 heterocycles. The summed E-state index contributed by atoms with van der Waals surface area (Å²) >= 11 is 0. The Bertz CT molecular complexity index is 923. The van der Waals surface area contributed by atoms with Crippen LogP contribution in [0.4, 0.5) is 22.0 Å². The van der Waals surface area contributed by atoms with E-state index in [1.165, 1.54) is 24.3 Å². The molecule has 2 aliphatic rings. The molecule has 2 aromatic rings. The third-order valence-corrected chi connectivity index (χ3v) is 7.45. The average molecular weight is 483 g/mol. The molecule has 0 radical (unpaired) electrons. The molecule has 0 N–H and O–H groups in total. The van der Waals surface area contributed by atoms with Crippen LogP contribution < -0.4 is 4.74 Å². The van der Waals surface area contributed by atoms with Crippen LogP contribution >= 0.6 is 0 Å². The van der Waals surface area contributed by atoms with E-state index in [4.69, 9.17) is 9.47 Å². The molecular weight excluding hydrogens is 451 g/mol. The highest BCUT2D eigenvalue weighted by molar-refractivity contribution is 5.29. The summed E-state index contributed by atoms with van der Waals surface area (Å²) in [5.74, 6) is -2.22. The molecule has 7 heteroatoms. The minimum atomic E-state index is -3.35. The van der Waals surface area contributed by atoms with Gasteiger partial charge in [-0.05, 0) is 118 Å². The molecule has 2 nitrogen and oxygen atoms in total. The smallest absolute Gasteiger partial charge is 0.383 e. The Morgan fingerprint density at radius 3 is 1.85 bits per heavy atom. The fourth-order valence-corrected chi connectivity index (χ4v) is 5.60. The lowest BCUT2D eigenvalue weighted by atomic mass is 9.69. The van der Waals surface area contributed by atoms with Gasteiger partial charge in [0.05, 0.1) is 18.3 Å². The first kappa shape index (κ1) is 25.0.